The first-order valence-electron chi connectivity index (χ1n) is 11.3. The van der Waals surface area contributed by atoms with Gasteiger partial charge in [0.15, 0.2) is 0 Å². The predicted octanol–water partition coefficient (Wildman–Crippen LogP) is 3.80. The fourth-order valence-electron chi connectivity index (χ4n) is 4.45. The van der Waals surface area contributed by atoms with Gasteiger partial charge in [0.1, 0.15) is 35.5 Å². The van der Waals surface area contributed by atoms with Crippen LogP contribution < -0.4 is 4.74 Å². The number of aromatic nitrogens is 5. The third-order valence-corrected chi connectivity index (χ3v) is 6.41. The first kappa shape index (κ1) is 21.5. The minimum Gasteiger partial charge on any atom is -0.473 e. The molecule has 9 nitrogen and oxygen atoms in total. The van der Waals surface area contributed by atoms with Gasteiger partial charge in [0, 0.05) is 20.1 Å². The lowest BCUT2D eigenvalue weighted by Crippen LogP contribution is -2.35. The van der Waals surface area contributed by atoms with Crippen LogP contribution in [0.4, 0.5) is 4.79 Å². The molecular formula is C22H32N6O3. The number of aryl methyl sites for hydroxylation is 2. The summed E-state index contributed by atoms with van der Waals surface area (Å²) in [7, 11) is 3.59. The van der Waals surface area contributed by atoms with Gasteiger partial charge in [0.2, 0.25) is 5.88 Å². The number of hydrogen-bond acceptors (Lipinski definition) is 7. The van der Waals surface area contributed by atoms with Crippen molar-refractivity contribution < 1.29 is 14.3 Å². The molecule has 0 unspecified atom stereocenters. The van der Waals surface area contributed by atoms with Gasteiger partial charge in [-0.25, -0.2) is 19.4 Å². The minimum atomic E-state index is -0.322. The zero-order chi connectivity index (χ0) is 21.8. The highest BCUT2D eigenvalue weighted by molar-refractivity contribution is 5.68. The summed E-state index contributed by atoms with van der Waals surface area (Å²) in [6, 6.07) is 0.266. The number of hydrogen-bond donors (Lipinski definition) is 0. The Morgan fingerprint density at radius 1 is 1.16 bits per heavy atom. The molecule has 0 aliphatic heterocycles. The molecule has 168 valence electrons. The number of carbonyl (C=O) groups is 1. The smallest absolute Gasteiger partial charge is 0.410 e. The van der Waals surface area contributed by atoms with Gasteiger partial charge >= 0.3 is 6.09 Å². The molecule has 0 aromatic carbocycles. The van der Waals surface area contributed by atoms with Crippen LogP contribution in [0.2, 0.25) is 0 Å². The molecule has 0 radical (unpaired) electrons. The van der Waals surface area contributed by atoms with Crippen molar-refractivity contribution in [2.45, 2.75) is 83.5 Å². The molecule has 4 rings (SSSR count). The zero-order valence-electron chi connectivity index (χ0n) is 18.7. The van der Waals surface area contributed by atoms with Gasteiger partial charge in [0.25, 0.3) is 0 Å². The van der Waals surface area contributed by atoms with Crippen LogP contribution in [0.25, 0.3) is 11.4 Å². The van der Waals surface area contributed by atoms with Crippen molar-refractivity contribution in [1.29, 1.82) is 0 Å². The summed E-state index contributed by atoms with van der Waals surface area (Å²) >= 11 is 0. The Morgan fingerprint density at radius 2 is 1.87 bits per heavy atom. The molecule has 0 bridgehead atoms. The summed E-state index contributed by atoms with van der Waals surface area (Å²) in [5.41, 5.74) is 2.57. The number of carbonyl (C=O) groups excluding carboxylic acids is 1. The van der Waals surface area contributed by atoms with Gasteiger partial charge < -0.3 is 14.4 Å². The van der Waals surface area contributed by atoms with Crippen LogP contribution in [-0.2, 0) is 18.4 Å². The van der Waals surface area contributed by atoms with Gasteiger partial charge in [-0.1, -0.05) is 24.5 Å². The molecule has 2 fully saturated rings. The van der Waals surface area contributed by atoms with Crippen molar-refractivity contribution >= 4 is 6.09 Å². The molecule has 2 aliphatic rings. The molecule has 31 heavy (non-hydrogen) atoms. The van der Waals surface area contributed by atoms with Gasteiger partial charge in [-0.2, -0.15) is 0 Å². The van der Waals surface area contributed by atoms with Crippen molar-refractivity contribution in [2.75, 3.05) is 7.05 Å². The molecular weight excluding hydrogens is 396 g/mol. The Morgan fingerprint density at radius 3 is 2.58 bits per heavy atom. The van der Waals surface area contributed by atoms with Crippen LogP contribution in [0.3, 0.4) is 0 Å². The van der Waals surface area contributed by atoms with E-state index >= 15 is 0 Å². The van der Waals surface area contributed by atoms with Crippen molar-refractivity contribution in [2.24, 2.45) is 7.05 Å². The van der Waals surface area contributed by atoms with E-state index in [4.69, 9.17) is 9.47 Å². The molecule has 2 saturated carbocycles. The van der Waals surface area contributed by atoms with Crippen molar-refractivity contribution in [1.82, 2.24) is 29.9 Å². The van der Waals surface area contributed by atoms with E-state index < -0.39 is 0 Å². The van der Waals surface area contributed by atoms with E-state index in [1.807, 2.05) is 6.92 Å². The molecule has 0 atom stereocenters. The Bertz CT molecular complexity index is 903. The minimum absolute atomic E-state index is 0.0791. The third-order valence-electron chi connectivity index (χ3n) is 6.41. The van der Waals surface area contributed by atoms with E-state index in [-0.39, 0.29) is 24.8 Å². The maximum Gasteiger partial charge on any atom is 0.410 e. The lowest BCUT2D eigenvalue weighted by atomic mass is 9.98. The monoisotopic (exact) mass is 428 g/mol. The first-order valence-corrected chi connectivity index (χ1v) is 11.3. The number of nitrogens with zero attached hydrogens (tertiary/aromatic N) is 6. The molecule has 0 spiro atoms. The Labute approximate surface area is 183 Å². The van der Waals surface area contributed by atoms with Crippen LogP contribution in [0.5, 0.6) is 5.88 Å². The second kappa shape index (κ2) is 9.62. The highest BCUT2D eigenvalue weighted by Crippen LogP contribution is 2.27. The normalized spacial score (nSPS) is 17.6. The lowest BCUT2D eigenvalue weighted by Gasteiger charge is -2.23. The van der Waals surface area contributed by atoms with Crippen LogP contribution in [0.15, 0.2) is 6.20 Å². The lowest BCUT2D eigenvalue weighted by molar-refractivity contribution is 0.0899. The third kappa shape index (κ3) is 4.97. The summed E-state index contributed by atoms with van der Waals surface area (Å²) in [5, 5.41) is 8.34. The van der Waals surface area contributed by atoms with Crippen molar-refractivity contribution in [3.8, 4) is 17.3 Å². The topological polar surface area (TPSA) is 95.3 Å². The molecule has 9 heteroatoms. The highest BCUT2D eigenvalue weighted by atomic mass is 16.6. The average Bonchev–Trinajstić information content (AvgIpc) is 3.44. The summed E-state index contributed by atoms with van der Waals surface area (Å²) in [4.78, 5) is 23.3. The van der Waals surface area contributed by atoms with Gasteiger partial charge in [-0.15, -0.1) is 5.10 Å². The van der Waals surface area contributed by atoms with Crippen molar-refractivity contribution in [3.63, 3.8) is 0 Å². The summed E-state index contributed by atoms with van der Waals surface area (Å²) in [6.07, 6.45) is 11.8. The SMILES string of the molecule is Cc1nc(-c2nnn(C)c2COC(=O)N(C)C2CCCC2)cnc1OC1CCCCC1. The van der Waals surface area contributed by atoms with Gasteiger partial charge in [-0.3, -0.25) is 0 Å². The molecule has 0 N–H and O–H groups in total. The van der Waals surface area contributed by atoms with E-state index in [1.54, 1.807) is 29.9 Å². The van der Waals surface area contributed by atoms with Crippen LogP contribution in [-0.4, -0.2) is 55.1 Å². The first-order chi connectivity index (χ1) is 15.0. The maximum atomic E-state index is 12.5. The Balaban J connectivity index is 1.44. The van der Waals surface area contributed by atoms with E-state index in [9.17, 15) is 4.79 Å². The number of amides is 1. The van der Waals surface area contributed by atoms with E-state index in [1.165, 1.54) is 19.3 Å². The molecule has 1 amide bonds. The number of rotatable bonds is 6. The van der Waals surface area contributed by atoms with Crippen LogP contribution >= 0.6 is 0 Å². The number of ether oxygens (including phenoxy) is 2. The largest absolute Gasteiger partial charge is 0.473 e. The molecule has 2 heterocycles. The second-order valence-corrected chi connectivity index (χ2v) is 8.64. The molecule has 2 aromatic rings. The average molecular weight is 429 g/mol. The van der Waals surface area contributed by atoms with E-state index in [2.05, 4.69) is 20.3 Å². The maximum absolute atomic E-state index is 12.5. The van der Waals surface area contributed by atoms with E-state index in [0.717, 1.165) is 44.2 Å². The predicted molar refractivity (Wildman–Crippen MR) is 114 cm³/mol. The van der Waals surface area contributed by atoms with Gasteiger partial charge in [-0.05, 0) is 45.4 Å². The summed E-state index contributed by atoms with van der Waals surface area (Å²) in [5.74, 6) is 0.575. The Kier molecular flexibility index (Phi) is 6.67. The highest BCUT2D eigenvalue weighted by Gasteiger charge is 2.25. The van der Waals surface area contributed by atoms with Gasteiger partial charge in [0.05, 0.1) is 6.20 Å². The summed E-state index contributed by atoms with van der Waals surface area (Å²) in [6.45, 7) is 1.97. The Hall–Kier alpha value is -2.71. The molecule has 2 aromatic heterocycles. The van der Waals surface area contributed by atoms with Crippen LogP contribution in [0, 0.1) is 6.92 Å². The second-order valence-electron chi connectivity index (χ2n) is 8.64. The quantitative estimate of drug-likeness (QED) is 0.690. The fraction of sp³-hybridized carbons (Fsp3) is 0.682. The molecule has 2 aliphatic carbocycles. The molecule has 0 saturated heterocycles. The van der Waals surface area contributed by atoms with E-state index in [0.29, 0.717) is 23.0 Å². The van der Waals surface area contributed by atoms with Crippen molar-refractivity contribution in [3.05, 3.63) is 17.6 Å². The van der Waals surface area contributed by atoms with Crippen LogP contribution in [0.1, 0.15) is 69.2 Å². The fourth-order valence-corrected chi connectivity index (χ4v) is 4.45. The standard InChI is InChI=1S/C22H32N6O3/c1-15-21(31-17-11-5-4-6-12-17)23-13-18(24-15)20-19(28(3)26-25-20)14-30-22(29)27(2)16-9-7-8-10-16/h13,16-17H,4-12,14H2,1-3H3. The summed E-state index contributed by atoms with van der Waals surface area (Å²) < 4.78 is 13.3. The zero-order valence-corrected chi connectivity index (χ0v) is 18.7.